The molecule has 0 aromatic heterocycles. The van der Waals surface area contributed by atoms with Crippen molar-refractivity contribution in [3.63, 3.8) is 0 Å². The zero-order chi connectivity index (χ0) is 14.7. The summed E-state index contributed by atoms with van der Waals surface area (Å²) >= 11 is 0. The molecule has 1 atom stereocenters. The van der Waals surface area contributed by atoms with Gasteiger partial charge in [-0.2, -0.15) is 0 Å². The van der Waals surface area contributed by atoms with E-state index in [2.05, 4.69) is 78.7 Å². The number of nitrogens with zero attached hydrogens (tertiary/aromatic N) is 1. The second-order valence-electron chi connectivity index (χ2n) is 6.07. The number of anilines is 1. The van der Waals surface area contributed by atoms with Crippen molar-refractivity contribution in [3.8, 4) is 0 Å². The van der Waals surface area contributed by atoms with Crippen molar-refractivity contribution in [1.29, 1.82) is 0 Å². The minimum Gasteiger partial charge on any atom is -0.368 e. The van der Waals surface area contributed by atoms with Crippen molar-refractivity contribution in [3.05, 3.63) is 65.7 Å². The molecule has 1 aliphatic heterocycles. The maximum atomic E-state index is 3.69. The first-order valence-corrected chi connectivity index (χ1v) is 7.86. The van der Waals surface area contributed by atoms with Crippen molar-refractivity contribution < 1.29 is 0 Å². The predicted octanol–water partition coefficient (Wildman–Crippen LogP) is 3.57. The van der Waals surface area contributed by atoms with E-state index in [0.717, 1.165) is 26.1 Å². The number of aryl methyl sites for hydroxylation is 1. The molecule has 0 radical (unpaired) electrons. The van der Waals surface area contributed by atoms with Crippen LogP contribution in [0.25, 0.3) is 0 Å². The molecule has 1 N–H and O–H groups in total. The molecule has 1 saturated heterocycles. The highest BCUT2D eigenvalue weighted by atomic mass is 15.2. The van der Waals surface area contributed by atoms with Crippen LogP contribution in [0, 0.1) is 0 Å². The highest BCUT2D eigenvalue weighted by Crippen LogP contribution is 2.27. The molecule has 1 fully saturated rings. The molecule has 0 spiro atoms. The van der Waals surface area contributed by atoms with E-state index >= 15 is 0 Å². The molecule has 2 aromatic carbocycles. The van der Waals surface area contributed by atoms with E-state index in [1.54, 1.807) is 0 Å². The first-order valence-electron chi connectivity index (χ1n) is 7.86. The normalized spacial score (nSPS) is 22.3. The summed E-state index contributed by atoms with van der Waals surface area (Å²) in [5, 5.41) is 3.69. The maximum Gasteiger partial charge on any atom is 0.0584 e. The predicted molar refractivity (Wildman–Crippen MR) is 89.8 cm³/mol. The molecule has 1 aliphatic rings. The van der Waals surface area contributed by atoms with Gasteiger partial charge in [0.1, 0.15) is 0 Å². The number of nitrogens with one attached hydrogen (secondary N) is 1. The van der Waals surface area contributed by atoms with E-state index in [9.17, 15) is 0 Å². The second kappa shape index (κ2) is 5.90. The molecule has 21 heavy (non-hydrogen) atoms. The Kier molecular flexibility index (Phi) is 3.98. The molecular formula is C19H24N2. The summed E-state index contributed by atoms with van der Waals surface area (Å²) in [5.41, 5.74) is 4.11. The van der Waals surface area contributed by atoms with E-state index in [1.165, 1.54) is 16.8 Å². The topological polar surface area (TPSA) is 15.3 Å². The first-order chi connectivity index (χ1) is 10.2. The van der Waals surface area contributed by atoms with Gasteiger partial charge in [-0.05, 0) is 36.6 Å². The van der Waals surface area contributed by atoms with Crippen LogP contribution in [0.15, 0.2) is 54.6 Å². The summed E-state index contributed by atoms with van der Waals surface area (Å²) in [6, 6.07) is 19.8. The molecule has 0 aliphatic carbocycles. The summed E-state index contributed by atoms with van der Waals surface area (Å²) in [7, 11) is 0. The van der Waals surface area contributed by atoms with Crippen LogP contribution in [0.1, 0.15) is 25.0 Å². The highest BCUT2D eigenvalue weighted by molar-refractivity contribution is 5.49. The first kappa shape index (κ1) is 14.2. The molecule has 1 heterocycles. The Hall–Kier alpha value is -1.80. The summed E-state index contributed by atoms with van der Waals surface area (Å²) in [6.07, 6.45) is 1.10. The zero-order valence-corrected chi connectivity index (χ0v) is 13.0. The minimum absolute atomic E-state index is 0.0168. The molecule has 2 heteroatoms. The average Bonchev–Trinajstić information content (AvgIpc) is 2.56. The van der Waals surface area contributed by atoms with Crippen molar-refractivity contribution in [1.82, 2.24) is 5.32 Å². The van der Waals surface area contributed by atoms with Gasteiger partial charge < -0.3 is 10.2 Å². The summed E-state index contributed by atoms with van der Waals surface area (Å²) in [6.45, 7) is 7.58. The fourth-order valence-corrected chi connectivity index (χ4v) is 3.15. The van der Waals surface area contributed by atoms with Crippen LogP contribution >= 0.6 is 0 Å². The standard InChI is InChI=1S/C19H24N2/c1-3-16-9-11-18(12-10-16)21-14-13-20-19(2,15-21)17-7-5-4-6-8-17/h4-12,20H,3,13-15H2,1-2H3. The van der Waals surface area contributed by atoms with Crippen molar-refractivity contribution >= 4 is 5.69 Å². The van der Waals surface area contributed by atoms with E-state index in [1.807, 2.05) is 0 Å². The van der Waals surface area contributed by atoms with Crippen LogP contribution in [0.3, 0.4) is 0 Å². The average molecular weight is 280 g/mol. The molecule has 2 nitrogen and oxygen atoms in total. The van der Waals surface area contributed by atoms with Crippen LogP contribution in [0.2, 0.25) is 0 Å². The molecule has 2 aromatic rings. The summed E-state index contributed by atoms with van der Waals surface area (Å²) in [5.74, 6) is 0. The molecular weight excluding hydrogens is 256 g/mol. The van der Waals surface area contributed by atoms with Gasteiger partial charge in [-0.1, -0.05) is 49.4 Å². The number of hydrogen-bond acceptors (Lipinski definition) is 2. The molecule has 1 unspecified atom stereocenters. The zero-order valence-electron chi connectivity index (χ0n) is 13.0. The molecule has 3 rings (SSSR count). The third-order valence-corrected chi connectivity index (χ3v) is 4.52. The Morgan fingerprint density at radius 3 is 2.43 bits per heavy atom. The van der Waals surface area contributed by atoms with E-state index in [-0.39, 0.29) is 5.54 Å². The number of benzene rings is 2. The summed E-state index contributed by atoms with van der Waals surface area (Å²) < 4.78 is 0. The van der Waals surface area contributed by atoms with Crippen molar-refractivity contribution in [2.75, 3.05) is 24.5 Å². The minimum atomic E-state index is 0.0168. The van der Waals surface area contributed by atoms with Crippen molar-refractivity contribution in [2.45, 2.75) is 25.8 Å². The van der Waals surface area contributed by atoms with Gasteiger partial charge in [0.05, 0.1) is 5.54 Å². The maximum absolute atomic E-state index is 3.69. The molecule has 110 valence electrons. The van der Waals surface area contributed by atoms with Gasteiger partial charge in [0.15, 0.2) is 0 Å². The summed E-state index contributed by atoms with van der Waals surface area (Å²) in [4.78, 5) is 2.49. The quantitative estimate of drug-likeness (QED) is 0.924. The second-order valence-corrected chi connectivity index (χ2v) is 6.07. The Morgan fingerprint density at radius 2 is 1.76 bits per heavy atom. The van der Waals surface area contributed by atoms with Gasteiger partial charge in [-0.3, -0.25) is 0 Å². The molecule has 0 saturated carbocycles. The Balaban J connectivity index is 1.82. The smallest absolute Gasteiger partial charge is 0.0584 e. The third-order valence-electron chi connectivity index (χ3n) is 4.52. The number of piperazine rings is 1. The lowest BCUT2D eigenvalue weighted by molar-refractivity contribution is 0.332. The van der Waals surface area contributed by atoms with Crippen LogP contribution < -0.4 is 10.2 Å². The molecule has 0 bridgehead atoms. The van der Waals surface area contributed by atoms with Gasteiger partial charge in [0, 0.05) is 25.3 Å². The monoisotopic (exact) mass is 280 g/mol. The SMILES string of the molecule is CCc1ccc(N2CCNC(C)(c3ccccc3)C2)cc1. The Morgan fingerprint density at radius 1 is 1.05 bits per heavy atom. The number of hydrogen-bond donors (Lipinski definition) is 1. The van der Waals surface area contributed by atoms with E-state index < -0.39 is 0 Å². The van der Waals surface area contributed by atoms with Gasteiger partial charge in [0.25, 0.3) is 0 Å². The van der Waals surface area contributed by atoms with Crippen LogP contribution in [-0.4, -0.2) is 19.6 Å². The largest absolute Gasteiger partial charge is 0.368 e. The Bertz CT molecular complexity index is 576. The number of rotatable bonds is 3. The van der Waals surface area contributed by atoms with Crippen LogP contribution in [-0.2, 0) is 12.0 Å². The van der Waals surface area contributed by atoms with Gasteiger partial charge >= 0.3 is 0 Å². The van der Waals surface area contributed by atoms with Crippen LogP contribution in [0.4, 0.5) is 5.69 Å². The molecule has 0 amide bonds. The van der Waals surface area contributed by atoms with E-state index in [4.69, 9.17) is 0 Å². The van der Waals surface area contributed by atoms with Gasteiger partial charge in [0.2, 0.25) is 0 Å². The highest BCUT2D eigenvalue weighted by Gasteiger charge is 2.32. The Labute approximate surface area is 127 Å². The van der Waals surface area contributed by atoms with Crippen molar-refractivity contribution in [2.24, 2.45) is 0 Å². The fraction of sp³-hybridized carbons (Fsp3) is 0.368. The lowest BCUT2D eigenvalue weighted by Gasteiger charge is -2.43. The van der Waals surface area contributed by atoms with Gasteiger partial charge in [-0.25, -0.2) is 0 Å². The van der Waals surface area contributed by atoms with Gasteiger partial charge in [-0.15, -0.1) is 0 Å². The lowest BCUT2D eigenvalue weighted by atomic mass is 9.89. The van der Waals surface area contributed by atoms with Crippen LogP contribution in [0.5, 0.6) is 0 Å². The lowest BCUT2D eigenvalue weighted by Crippen LogP contribution is -2.56. The third kappa shape index (κ3) is 2.96. The fourth-order valence-electron chi connectivity index (χ4n) is 3.15. The van der Waals surface area contributed by atoms with E-state index in [0.29, 0.717) is 0 Å².